The van der Waals surface area contributed by atoms with Crippen molar-refractivity contribution in [3.8, 4) is 0 Å². The van der Waals surface area contributed by atoms with E-state index in [2.05, 4.69) is 16.0 Å². The van der Waals surface area contributed by atoms with Crippen LogP contribution in [0.25, 0.3) is 0 Å². The number of hydrogen-bond acceptors (Lipinski definition) is 3. The van der Waals surface area contributed by atoms with Gasteiger partial charge in [-0.25, -0.2) is 4.39 Å². The minimum Gasteiger partial charge on any atom is -0.354 e. The molecule has 1 saturated heterocycles. The number of amides is 2. The Bertz CT molecular complexity index is 582. The van der Waals surface area contributed by atoms with Crippen LogP contribution in [0.1, 0.15) is 29.6 Å². The summed E-state index contributed by atoms with van der Waals surface area (Å²) in [6.07, 6.45) is 3.14. The molecule has 1 aliphatic heterocycles. The van der Waals surface area contributed by atoms with Gasteiger partial charge in [0.1, 0.15) is 5.82 Å². The van der Waals surface area contributed by atoms with Crippen LogP contribution in [0.4, 0.5) is 4.39 Å². The van der Waals surface area contributed by atoms with E-state index in [-0.39, 0.29) is 29.0 Å². The summed E-state index contributed by atoms with van der Waals surface area (Å²) >= 11 is 0. The zero-order valence-electron chi connectivity index (χ0n) is 13.0. The molecular weight excluding hydrogens is 297 g/mol. The Morgan fingerprint density at radius 1 is 1.13 bits per heavy atom. The highest BCUT2D eigenvalue weighted by atomic mass is 19.1. The topological polar surface area (TPSA) is 70.2 Å². The molecule has 2 fully saturated rings. The first-order valence-corrected chi connectivity index (χ1v) is 8.13. The lowest BCUT2D eigenvalue weighted by molar-refractivity contribution is -0.123. The third kappa shape index (κ3) is 3.69. The van der Waals surface area contributed by atoms with Gasteiger partial charge in [0.15, 0.2) is 0 Å². The molecule has 124 valence electrons. The van der Waals surface area contributed by atoms with Crippen molar-refractivity contribution in [2.45, 2.75) is 19.3 Å². The fourth-order valence-electron chi connectivity index (χ4n) is 3.38. The lowest BCUT2D eigenvalue weighted by atomic mass is 9.92. The number of piperidine rings is 1. The van der Waals surface area contributed by atoms with Gasteiger partial charge in [-0.1, -0.05) is 0 Å². The molecular formula is C17H22FN3O2. The highest BCUT2D eigenvalue weighted by Gasteiger charge is 2.57. The first-order valence-electron chi connectivity index (χ1n) is 8.13. The van der Waals surface area contributed by atoms with Gasteiger partial charge in [0, 0.05) is 24.6 Å². The zero-order valence-corrected chi connectivity index (χ0v) is 13.0. The summed E-state index contributed by atoms with van der Waals surface area (Å²) < 4.78 is 12.8. The van der Waals surface area contributed by atoms with Crippen molar-refractivity contribution in [2.24, 2.45) is 11.3 Å². The molecule has 0 radical (unpaired) electrons. The lowest BCUT2D eigenvalue weighted by Gasteiger charge is -2.23. The molecule has 0 bridgehead atoms. The molecule has 3 N–H and O–H groups in total. The van der Waals surface area contributed by atoms with Crippen molar-refractivity contribution in [3.63, 3.8) is 0 Å². The molecule has 5 nitrogen and oxygen atoms in total. The van der Waals surface area contributed by atoms with Crippen molar-refractivity contribution in [2.75, 3.05) is 26.2 Å². The molecule has 6 heteroatoms. The van der Waals surface area contributed by atoms with E-state index in [0.717, 1.165) is 32.4 Å². The average molecular weight is 319 g/mol. The summed E-state index contributed by atoms with van der Waals surface area (Å²) in [7, 11) is 0. The minimum atomic E-state index is -0.370. The van der Waals surface area contributed by atoms with Gasteiger partial charge < -0.3 is 16.0 Å². The van der Waals surface area contributed by atoms with E-state index in [1.165, 1.54) is 24.3 Å². The molecule has 0 unspecified atom stereocenters. The van der Waals surface area contributed by atoms with Gasteiger partial charge in [0.2, 0.25) is 5.91 Å². The quantitative estimate of drug-likeness (QED) is 0.711. The fraction of sp³-hybridized carbons (Fsp3) is 0.529. The molecule has 1 spiro atoms. The van der Waals surface area contributed by atoms with Gasteiger partial charge >= 0.3 is 0 Å². The van der Waals surface area contributed by atoms with Crippen molar-refractivity contribution in [3.05, 3.63) is 35.6 Å². The Morgan fingerprint density at radius 3 is 2.48 bits per heavy atom. The maximum Gasteiger partial charge on any atom is 0.251 e. The summed E-state index contributed by atoms with van der Waals surface area (Å²) in [5, 5.41) is 8.94. The Kier molecular flexibility index (Phi) is 4.61. The largest absolute Gasteiger partial charge is 0.354 e. The molecule has 23 heavy (non-hydrogen) atoms. The monoisotopic (exact) mass is 319 g/mol. The predicted octanol–water partition coefficient (Wildman–Crippen LogP) is 1.06. The second-order valence-corrected chi connectivity index (χ2v) is 6.42. The van der Waals surface area contributed by atoms with Crippen LogP contribution in [0.5, 0.6) is 0 Å². The van der Waals surface area contributed by atoms with Crippen LogP contribution in [-0.4, -0.2) is 38.0 Å². The van der Waals surface area contributed by atoms with E-state index < -0.39 is 0 Å². The van der Waals surface area contributed by atoms with Crippen molar-refractivity contribution in [1.29, 1.82) is 0 Å². The highest BCUT2D eigenvalue weighted by molar-refractivity contribution is 5.94. The summed E-state index contributed by atoms with van der Waals surface area (Å²) in [6, 6.07) is 5.38. The van der Waals surface area contributed by atoms with Gasteiger partial charge in [-0.3, -0.25) is 9.59 Å². The maximum absolute atomic E-state index is 12.8. The molecule has 1 atom stereocenters. The fourth-order valence-corrected chi connectivity index (χ4v) is 3.38. The molecule has 2 aliphatic rings. The number of nitrogens with one attached hydrogen (secondary N) is 3. The van der Waals surface area contributed by atoms with Crippen molar-refractivity contribution < 1.29 is 14.0 Å². The van der Waals surface area contributed by atoms with Gasteiger partial charge in [0.25, 0.3) is 5.91 Å². The van der Waals surface area contributed by atoms with Crippen LogP contribution < -0.4 is 16.0 Å². The number of halogens is 1. The van der Waals surface area contributed by atoms with Gasteiger partial charge in [-0.15, -0.1) is 0 Å². The molecule has 1 aromatic carbocycles. The smallest absolute Gasteiger partial charge is 0.251 e. The van der Waals surface area contributed by atoms with E-state index in [1.807, 2.05) is 0 Å². The molecule has 1 aromatic rings. The number of carbonyl (C=O) groups is 2. The van der Waals surface area contributed by atoms with Crippen LogP contribution in [-0.2, 0) is 4.79 Å². The summed E-state index contributed by atoms with van der Waals surface area (Å²) in [4.78, 5) is 24.0. The standard InChI is InChI=1S/C17H22FN3O2/c18-13-3-1-12(2-4-13)15(22)20-9-10-21-16(23)14-11-17(14)5-7-19-8-6-17/h1-4,14,19H,5-11H2,(H,20,22)(H,21,23)/t14-/m0/s1. The van der Waals surface area contributed by atoms with Crippen molar-refractivity contribution >= 4 is 11.8 Å². The maximum atomic E-state index is 12.8. The molecule has 1 saturated carbocycles. The molecule has 1 heterocycles. The van der Waals surface area contributed by atoms with Gasteiger partial charge in [-0.2, -0.15) is 0 Å². The number of benzene rings is 1. The van der Waals surface area contributed by atoms with Crippen LogP contribution in [0.3, 0.4) is 0 Å². The predicted molar refractivity (Wildman–Crippen MR) is 84.4 cm³/mol. The van der Waals surface area contributed by atoms with Crippen molar-refractivity contribution in [1.82, 2.24) is 16.0 Å². The Morgan fingerprint density at radius 2 is 1.78 bits per heavy atom. The first-order chi connectivity index (χ1) is 11.1. The number of hydrogen-bond donors (Lipinski definition) is 3. The minimum absolute atomic E-state index is 0.0999. The number of rotatable bonds is 5. The van der Waals surface area contributed by atoms with Crippen LogP contribution >= 0.6 is 0 Å². The third-order valence-corrected chi connectivity index (χ3v) is 4.92. The summed E-state index contributed by atoms with van der Waals surface area (Å²) in [5.74, 6) is -0.397. The molecule has 2 amide bonds. The van der Waals surface area contributed by atoms with Crippen LogP contribution in [0.15, 0.2) is 24.3 Å². The van der Waals surface area contributed by atoms with E-state index in [9.17, 15) is 14.0 Å². The van der Waals surface area contributed by atoms with Crippen LogP contribution in [0, 0.1) is 17.2 Å². The Hall–Kier alpha value is -1.95. The zero-order chi connectivity index (χ0) is 16.3. The first kappa shape index (κ1) is 15.9. The van der Waals surface area contributed by atoms with E-state index in [0.29, 0.717) is 18.7 Å². The van der Waals surface area contributed by atoms with E-state index >= 15 is 0 Å². The Labute approximate surface area is 135 Å². The third-order valence-electron chi connectivity index (χ3n) is 4.92. The normalized spacial score (nSPS) is 21.7. The van der Waals surface area contributed by atoms with E-state index in [4.69, 9.17) is 0 Å². The Balaban J connectivity index is 1.36. The highest BCUT2D eigenvalue weighted by Crippen LogP contribution is 2.58. The lowest BCUT2D eigenvalue weighted by Crippen LogP contribution is -2.37. The molecule has 3 rings (SSSR count). The SMILES string of the molecule is O=C(NCCNC(=O)[C@@H]1CC12CCNCC2)c1ccc(F)cc1. The second kappa shape index (κ2) is 6.66. The van der Waals surface area contributed by atoms with Crippen LogP contribution in [0.2, 0.25) is 0 Å². The summed E-state index contributed by atoms with van der Waals surface area (Å²) in [5.41, 5.74) is 0.640. The molecule has 1 aliphatic carbocycles. The molecule has 0 aromatic heterocycles. The van der Waals surface area contributed by atoms with E-state index in [1.54, 1.807) is 0 Å². The summed E-state index contributed by atoms with van der Waals surface area (Å²) in [6.45, 7) is 2.77. The number of carbonyl (C=O) groups excluding carboxylic acids is 2. The van der Waals surface area contributed by atoms with Gasteiger partial charge in [-0.05, 0) is 62.0 Å². The van der Waals surface area contributed by atoms with Gasteiger partial charge in [0.05, 0.1) is 0 Å². The average Bonchev–Trinajstić information content (AvgIpc) is 3.25. The second-order valence-electron chi connectivity index (χ2n) is 6.42.